The van der Waals surface area contributed by atoms with Gasteiger partial charge in [-0.2, -0.15) is 0 Å². The molecule has 104 valence electrons. The molecule has 0 saturated heterocycles. The van der Waals surface area contributed by atoms with Crippen molar-refractivity contribution < 1.29 is 4.79 Å². The first kappa shape index (κ1) is 14.4. The van der Waals surface area contributed by atoms with Crippen molar-refractivity contribution in [1.82, 2.24) is 5.32 Å². The van der Waals surface area contributed by atoms with Crippen LogP contribution in [0.15, 0.2) is 24.3 Å². The maximum atomic E-state index is 12.3. The molecule has 1 aliphatic rings. The molecule has 19 heavy (non-hydrogen) atoms. The third-order valence-electron chi connectivity index (χ3n) is 3.83. The summed E-state index contributed by atoms with van der Waals surface area (Å²) < 4.78 is 0. The predicted molar refractivity (Wildman–Crippen MR) is 77.9 cm³/mol. The number of benzene rings is 1. The molecule has 0 radical (unpaired) electrons. The molecule has 1 amide bonds. The van der Waals surface area contributed by atoms with Gasteiger partial charge in [-0.25, -0.2) is 0 Å². The van der Waals surface area contributed by atoms with Crippen molar-refractivity contribution in [2.45, 2.75) is 44.7 Å². The molecule has 3 N–H and O–H groups in total. The van der Waals surface area contributed by atoms with E-state index >= 15 is 0 Å². The molecule has 1 aromatic carbocycles. The summed E-state index contributed by atoms with van der Waals surface area (Å²) in [6.45, 7) is 3.98. The van der Waals surface area contributed by atoms with E-state index in [0.717, 1.165) is 24.8 Å². The fourth-order valence-electron chi connectivity index (χ4n) is 2.61. The lowest BCUT2D eigenvalue weighted by molar-refractivity contribution is -0.126. The highest BCUT2D eigenvalue weighted by molar-refractivity contribution is 6.30. The lowest BCUT2D eigenvalue weighted by Crippen LogP contribution is -2.43. The lowest BCUT2D eigenvalue weighted by atomic mass is 9.93. The smallest absolute Gasteiger partial charge is 0.223 e. The third-order valence-corrected chi connectivity index (χ3v) is 4.06. The fraction of sp³-hybridized carbons (Fsp3) is 0.533. The van der Waals surface area contributed by atoms with Gasteiger partial charge in [0.2, 0.25) is 5.91 Å². The minimum atomic E-state index is -0.422. The van der Waals surface area contributed by atoms with Crippen LogP contribution in [-0.2, 0) is 10.3 Å². The van der Waals surface area contributed by atoms with E-state index in [-0.39, 0.29) is 17.9 Å². The first-order chi connectivity index (χ1) is 8.88. The van der Waals surface area contributed by atoms with Crippen molar-refractivity contribution in [3.05, 3.63) is 34.9 Å². The van der Waals surface area contributed by atoms with Gasteiger partial charge in [0.15, 0.2) is 0 Å². The van der Waals surface area contributed by atoms with Crippen molar-refractivity contribution in [3.8, 4) is 0 Å². The molecule has 0 heterocycles. The summed E-state index contributed by atoms with van der Waals surface area (Å²) in [6, 6.07) is 7.77. The molecule has 3 nitrogen and oxygen atoms in total. The van der Waals surface area contributed by atoms with E-state index in [9.17, 15) is 4.79 Å². The normalized spacial score (nSPS) is 23.4. The van der Waals surface area contributed by atoms with Gasteiger partial charge in [0, 0.05) is 17.0 Å². The van der Waals surface area contributed by atoms with Gasteiger partial charge in [-0.3, -0.25) is 4.79 Å². The van der Waals surface area contributed by atoms with E-state index < -0.39 is 5.54 Å². The van der Waals surface area contributed by atoms with E-state index in [0.29, 0.717) is 5.02 Å². The van der Waals surface area contributed by atoms with Crippen molar-refractivity contribution in [1.29, 1.82) is 0 Å². The molecule has 0 aromatic heterocycles. The molecule has 2 atom stereocenters. The van der Waals surface area contributed by atoms with E-state index in [1.54, 1.807) is 0 Å². The fourth-order valence-corrected chi connectivity index (χ4v) is 2.80. The molecule has 1 fully saturated rings. The molecule has 0 spiro atoms. The quantitative estimate of drug-likeness (QED) is 0.894. The van der Waals surface area contributed by atoms with Crippen molar-refractivity contribution >= 4 is 17.5 Å². The number of amides is 1. The van der Waals surface area contributed by atoms with Crippen molar-refractivity contribution in [3.63, 3.8) is 0 Å². The summed E-state index contributed by atoms with van der Waals surface area (Å²) in [7, 11) is 0. The number of hydrogen-bond donors (Lipinski definition) is 2. The second kappa shape index (κ2) is 5.51. The van der Waals surface area contributed by atoms with Gasteiger partial charge in [0.25, 0.3) is 0 Å². The summed E-state index contributed by atoms with van der Waals surface area (Å²) in [5, 5.41) is 3.79. The topological polar surface area (TPSA) is 55.1 Å². The maximum absolute atomic E-state index is 12.3. The van der Waals surface area contributed by atoms with Crippen LogP contribution in [-0.4, -0.2) is 11.9 Å². The third kappa shape index (κ3) is 3.48. The molecule has 0 aliphatic heterocycles. The Morgan fingerprint density at radius 3 is 2.74 bits per heavy atom. The van der Waals surface area contributed by atoms with Gasteiger partial charge >= 0.3 is 0 Å². The molecular formula is C15H21ClN2O. The maximum Gasteiger partial charge on any atom is 0.223 e. The zero-order valence-corrected chi connectivity index (χ0v) is 12.2. The van der Waals surface area contributed by atoms with Gasteiger partial charge in [-0.05, 0) is 50.8 Å². The number of nitrogens with two attached hydrogens (primary N) is 1. The zero-order valence-electron chi connectivity index (χ0n) is 11.4. The van der Waals surface area contributed by atoms with Crippen LogP contribution in [0.5, 0.6) is 0 Å². The van der Waals surface area contributed by atoms with Gasteiger partial charge in [0.1, 0.15) is 0 Å². The van der Waals surface area contributed by atoms with Crippen LogP contribution >= 0.6 is 11.6 Å². The Labute approximate surface area is 119 Å². The number of halogens is 1. The van der Waals surface area contributed by atoms with Crippen molar-refractivity contribution in [2.24, 2.45) is 11.7 Å². The molecular weight excluding hydrogens is 260 g/mol. The summed E-state index contributed by atoms with van der Waals surface area (Å²) in [5.74, 6) is 0.145. The minimum Gasteiger partial charge on any atom is -0.347 e. The molecule has 1 aliphatic carbocycles. The van der Waals surface area contributed by atoms with Crippen LogP contribution in [0.3, 0.4) is 0 Å². The summed E-state index contributed by atoms with van der Waals surface area (Å²) in [6.07, 6.45) is 2.62. The SMILES string of the molecule is CC(C)(NC(=O)C1CCC(N)C1)c1cccc(Cl)c1. The molecule has 4 heteroatoms. The Balaban J connectivity index is 2.06. The monoisotopic (exact) mass is 280 g/mol. The summed E-state index contributed by atoms with van der Waals surface area (Å²) >= 11 is 6.00. The highest BCUT2D eigenvalue weighted by Crippen LogP contribution is 2.27. The predicted octanol–water partition coefficient (Wildman–Crippen LogP) is 2.82. The van der Waals surface area contributed by atoms with Crippen molar-refractivity contribution in [2.75, 3.05) is 0 Å². The number of hydrogen-bond acceptors (Lipinski definition) is 2. The largest absolute Gasteiger partial charge is 0.347 e. The molecule has 1 saturated carbocycles. The average molecular weight is 281 g/mol. The van der Waals surface area contributed by atoms with Crippen LogP contribution < -0.4 is 11.1 Å². The van der Waals surface area contributed by atoms with Crippen LogP contribution in [0.1, 0.15) is 38.7 Å². The number of carbonyl (C=O) groups is 1. The lowest BCUT2D eigenvalue weighted by Gasteiger charge is -2.28. The zero-order chi connectivity index (χ0) is 14.0. The Morgan fingerprint density at radius 1 is 1.42 bits per heavy atom. The summed E-state index contributed by atoms with van der Waals surface area (Å²) in [5.41, 5.74) is 6.45. The van der Waals surface area contributed by atoms with Crippen LogP contribution in [0.25, 0.3) is 0 Å². The Morgan fingerprint density at radius 2 is 2.16 bits per heavy atom. The number of carbonyl (C=O) groups excluding carboxylic acids is 1. The van der Waals surface area contributed by atoms with E-state index in [4.69, 9.17) is 17.3 Å². The summed E-state index contributed by atoms with van der Waals surface area (Å²) in [4.78, 5) is 12.3. The standard InChI is InChI=1S/C15H21ClN2O/c1-15(2,11-4-3-5-12(16)9-11)18-14(19)10-6-7-13(17)8-10/h3-5,9-10,13H,6-8,17H2,1-2H3,(H,18,19). The first-order valence-corrected chi connectivity index (χ1v) is 7.10. The molecule has 2 rings (SSSR count). The van der Waals surface area contributed by atoms with Gasteiger partial charge in [-0.15, -0.1) is 0 Å². The van der Waals surface area contributed by atoms with Gasteiger partial charge in [-0.1, -0.05) is 23.7 Å². The Kier molecular flexibility index (Phi) is 4.16. The van der Waals surface area contributed by atoms with E-state index in [2.05, 4.69) is 5.32 Å². The second-order valence-electron chi connectivity index (χ2n) is 5.89. The highest BCUT2D eigenvalue weighted by atomic mass is 35.5. The van der Waals surface area contributed by atoms with Crippen LogP contribution in [0, 0.1) is 5.92 Å². The Hall–Kier alpha value is -1.06. The average Bonchev–Trinajstić information content (AvgIpc) is 2.75. The first-order valence-electron chi connectivity index (χ1n) is 6.72. The molecule has 0 bridgehead atoms. The molecule has 1 aromatic rings. The second-order valence-corrected chi connectivity index (χ2v) is 6.33. The van der Waals surface area contributed by atoms with E-state index in [1.165, 1.54) is 0 Å². The minimum absolute atomic E-state index is 0.0495. The van der Waals surface area contributed by atoms with Gasteiger partial charge < -0.3 is 11.1 Å². The highest BCUT2D eigenvalue weighted by Gasteiger charge is 2.31. The van der Waals surface area contributed by atoms with Gasteiger partial charge in [0.05, 0.1) is 5.54 Å². The Bertz CT molecular complexity index is 473. The van der Waals surface area contributed by atoms with E-state index in [1.807, 2.05) is 38.1 Å². The number of nitrogens with one attached hydrogen (secondary N) is 1. The molecule has 2 unspecified atom stereocenters. The van der Waals surface area contributed by atoms with Crippen LogP contribution in [0.2, 0.25) is 5.02 Å². The van der Waals surface area contributed by atoms with Crippen LogP contribution in [0.4, 0.5) is 0 Å². The number of rotatable bonds is 3.